The van der Waals surface area contributed by atoms with Crippen LogP contribution in [0.1, 0.15) is 40.5 Å². The zero-order valence-corrected chi connectivity index (χ0v) is 12.3. The fourth-order valence-corrected chi connectivity index (χ4v) is 1.94. The molecule has 0 aliphatic heterocycles. The molecule has 0 saturated carbocycles. The monoisotopic (exact) mass is 267 g/mol. The molecule has 0 fully saturated rings. The van der Waals surface area contributed by atoms with Gasteiger partial charge in [-0.3, -0.25) is 0 Å². The van der Waals surface area contributed by atoms with Crippen LogP contribution in [0.4, 0.5) is 5.95 Å². The highest BCUT2D eigenvalue weighted by Crippen LogP contribution is 2.17. The summed E-state index contributed by atoms with van der Waals surface area (Å²) in [7, 11) is 0. The highest BCUT2D eigenvalue weighted by molar-refractivity contribution is 5.27. The molecule has 0 aliphatic carbocycles. The molecular formula is C14H25N3O2. The van der Waals surface area contributed by atoms with Crippen LogP contribution in [0.2, 0.25) is 0 Å². The van der Waals surface area contributed by atoms with Crippen molar-refractivity contribution in [3.05, 3.63) is 12.3 Å². The summed E-state index contributed by atoms with van der Waals surface area (Å²) in [5, 5.41) is 13.3. The molecule has 1 heterocycles. The predicted molar refractivity (Wildman–Crippen MR) is 76.4 cm³/mol. The van der Waals surface area contributed by atoms with Gasteiger partial charge in [-0.05, 0) is 25.7 Å². The topological polar surface area (TPSA) is 67.3 Å². The number of nitrogens with zero attached hydrogens (tertiary/aromatic N) is 2. The van der Waals surface area contributed by atoms with Gasteiger partial charge in [0.1, 0.15) is 0 Å². The molecule has 0 spiro atoms. The Balaban J connectivity index is 2.52. The maximum atomic E-state index is 10.2. The van der Waals surface area contributed by atoms with Crippen LogP contribution in [-0.2, 0) is 0 Å². The smallest absolute Gasteiger partial charge is 0.226 e. The van der Waals surface area contributed by atoms with Gasteiger partial charge in [-0.25, -0.2) is 4.98 Å². The molecule has 1 atom stereocenters. The molecule has 1 rings (SSSR count). The van der Waals surface area contributed by atoms with Gasteiger partial charge in [-0.15, -0.1) is 0 Å². The Hall–Kier alpha value is -1.36. The molecule has 19 heavy (non-hydrogen) atoms. The summed E-state index contributed by atoms with van der Waals surface area (Å²) < 4.78 is 5.44. The molecule has 1 aromatic heterocycles. The Morgan fingerprint density at radius 1 is 1.47 bits per heavy atom. The molecule has 1 unspecified atom stereocenters. The van der Waals surface area contributed by atoms with Crippen LogP contribution >= 0.6 is 0 Å². The first-order chi connectivity index (χ1) is 8.93. The van der Waals surface area contributed by atoms with Crippen molar-refractivity contribution in [1.29, 1.82) is 0 Å². The number of rotatable bonds is 8. The van der Waals surface area contributed by atoms with E-state index in [1.807, 2.05) is 13.8 Å². The van der Waals surface area contributed by atoms with Crippen molar-refractivity contribution in [3.8, 4) is 5.88 Å². The Labute approximate surface area is 115 Å². The molecule has 0 saturated heterocycles. The lowest BCUT2D eigenvalue weighted by atomic mass is 9.94. The van der Waals surface area contributed by atoms with E-state index in [0.29, 0.717) is 30.9 Å². The van der Waals surface area contributed by atoms with Gasteiger partial charge in [0.25, 0.3) is 0 Å². The number of ether oxygens (including phenoxy) is 1. The van der Waals surface area contributed by atoms with Crippen LogP contribution in [0.5, 0.6) is 5.88 Å². The molecule has 0 aliphatic rings. The highest BCUT2D eigenvalue weighted by Gasteiger charge is 2.21. The summed E-state index contributed by atoms with van der Waals surface area (Å²) in [6.45, 7) is 9.10. The first kappa shape index (κ1) is 15.7. The van der Waals surface area contributed by atoms with Crippen LogP contribution in [0.25, 0.3) is 0 Å². The normalized spacial score (nSPS) is 14.2. The van der Waals surface area contributed by atoms with Gasteiger partial charge in [-0.2, -0.15) is 4.98 Å². The summed E-state index contributed by atoms with van der Waals surface area (Å²) in [5.41, 5.74) is -0.766. The summed E-state index contributed by atoms with van der Waals surface area (Å²) in [4.78, 5) is 8.35. The lowest BCUT2D eigenvalue weighted by Crippen LogP contribution is -2.35. The van der Waals surface area contributed by atoms with Crippen LogP contribution in [0.3, 0.4) is 0 Å². The van der Waals surface area contributed by atoms with E-state index in [9.17, 15) is 5.11 Å². The molecule has 2 N–H and O–H groups in total. The molecule has 0 bridgehead atoms. The van der Waals surface area contributed by atoms with Crippen molar-refractivity contribution < 1.29 is 9.84 Å². The van der Waals surface area contributed by atoms with Crippen LogP contribution in [0, 0.1) is 5.92 Å². The van der Waals surface area contributed by atoms with E-state index in [1.54, 1.807) is 12.3 Å². The van der Waals surface area contributed by atoms with Gasteiger partial charge in [-0.1, -0.05) is 20.8 Å². The molecule has 5 heteroatoms. The number of hydrogen-bond donors (Lipinski definition) is 2. The van der Waals surface area contributed by atoms with Crippen LogP contribution < -0.4 is 10.1 Å². The van der Waals surface area contributed by atoms with Gasteiger partial charge >= 0.3 is 0 Å². The van der Waals surface area contributed by atoms with Crippen molar-refractivity contribution in [3.63, 3.8) is 0 Å². The van der Waals surface area contributed by atoms with Crippen molar-refractivity contribution in [2.45, 2.75) is 46.1 Å². The van der Waals surface area contributed by atoms with Gasteiger partial charge in [0, 0.05) is 18.8 Å². The SMILES string of the molecule is CCCOc1ccnc(NCC(C)(O)CC(C)C)n1. The molecule has 0 amide bonds. The Morgan fingerprint density at radius 2 is 2.21 bits per heavy atom. The summed E-state index contributed by atoms with van der Waals surface area (Å²) in [6.07, 6.45) is 3.32. The maximum absolute atomic E-state index is 10.2. The minimum Gasteiger partial charge on any atom is -0.478 e. The minimum absolute atomic E-state index is 0.419. The van der Waals surface area contributed by atoms with E-state index < -0.39 is 5.60 Å². The first-order valence-electron chi connectivity index (χ1n) is 6.85. The minimum atomic E-state index is -0.766. The zero-order valence-electron chi connectivity index (χ0n) is 12.3. The largest absolute Gasteiger partial charge is 0.478 e. The van der Waals surface area contributed by atoms with E-state index in [-0.39, 0.29) is 0 Å². The van der Waals surface area contributed by atoms with E-state index in [4.69, 9.17) is 4.74 Å². The Bertz CT molecular complexity index is 381. The quantitative estimate of drug-likeness (QED) is 0.757. The number of hydrogen-bond acceptors (Lipinski definition) is 5. The lowest BCUT2D eigenvalue weighted by molar-refractivity contribution is 0.0513. The fraction of sp³-hybridized carbons (Fsp3) is 0.714. The molecule has 0 radical (unpaired) electrons. The molecule has 1 aromatic rings. The van der Waals surface area contributed by atoms with Gasteiger partial charge < -0.3 is 15.2 Å². The number of aromatic nitrogens is 2. The number of nitrogens with one attached hydrogen (secondary N) is 1. The van der Waals surface area contributed by atoms with Crippen LogP contribution in [0.15, 0.2) is 12.3 Å². The van der Waals surface area contributed by atoms with E-state index >= 15 is 0 Å². The second-order valence-electron chi connectivity index (χ2n) is 5.52. The maximum Gasteiger partial charge on any atom is 0.226 e. The average molecular weight is 267 g/mol. The lowest BCUT2D eigenvalue weighted by Gasteiger charge is -2.25. The van der Waals surface area contributed by atoms with Crippen molar-refractivity contribution in [2.75, 3.05) is 18.5 Å². The van der Waals surface area contributed by atoms with E-state index in [0.717, 1.165) is 12.8 Å². The Morgan fingerprint density at radius 3 is 2.84 bits per heavy atom. The van der Waals surface area contributed by atoms with Gasteiger partial charge in [0.2, 0.25) is 11.8 Å². The summed E-state index contributed by atoms with van der Waals surface area (Å²) >= 11 is 0. The average Bonchev–Trinajstić information content (AvgIpc) is 2.33. The second-order valence-corrected chi connectivity index (χ2v) is 5.52. The second kappa shape index (κ2) is 7.28. The first-order valence-corrected chi connectivity index (χ1v) is 6.85. The Kier molecular flexibility index (Phi) is 6.02. The molecule has 108 valence electrons. The third kappa shape index (κ3) is 6.38. The van der Waals surface area contributed by atoms with Gasteiger partial charge in [0.05, 0.1) is 12.2 Å². The standard InChI is InChI=1S/C14H25N3O2/c1-5-8-19-12-6-7-15-13(17-12)16-10-14(4,18)9-11(2)3/h6-7,11,18H,5,8-10H2,1-4H3,(H,15,16,17). The predicted octanol–water partition coefficient (Wildman–Crippen LogP) is 2.47. The van der Waals surface area contributed by atoms with Crippen LogP contribution in [-0.4, -0.2) is 33.8 Å². The third-order valence-electron chi connectivity index (χ3n) is 2.56. The fourth-order valence-electron chi connectivity index (χ4n) is 1.94. The van der Waals surface area contributed by atoms with E-state index in [2.05, 4.69) is 29.1 Å². The van der Waals surface area contributed by atoms with E-state index in [1.165, 1.54) is 0 Å². The van der Waals surface area contributed by atoms with Crippen molar-refractivity contribution in [2.24, 2.45) is 5.92 Å². The molecular weight excluding hydrogens is 242 g/mol. The summed E-state index contributed by atoms with van der Waals surface area (Å²) in [5.74, 6) is 1.48. The molecule has 0 aromatic carbocycles. The molecule has 5 nitrogen and oxygen atoms in total. The highest BCUT2D eigenvalue weighted by atomic mass is 16.5. The van der Waals surface area contributed by atoms with Crippen molar-refractivity contribution >= 4 is 5.95 Å². The number of aliphatic hydroxyl groups is 1. The third-order valence-corrected chi connectivity index (χ3v) is 2.56. The van der Waals surface area contributed by atoms with Crippen molar-refractivity contribution in [1.82, 2.24) is 9.97 Å². The van der Waals surface area contributed by atoms with Gasteiger partial charge in [0.15, 0.2) is 0 Å². The summed E-state index contributed by atoms with van der Waals surface area (Å²) in [6, 6.07) is 1.73. The zero-order chi connectivity index (χ0) is 14.3. The number of anilines is 1.